The predicted molar refractivity (Wildman–Crippen MR) is 232 cm³/mol. The zero-order valence-corrected chi connectivity index (χ0v) is 35.4. The Labute approximate surface area is 343 Å². The van der Waals surface area contributed by atoms with E-state index in [2.05, 4.69) is 116 Å². The van der Waals surface area contributed by atoms with Crippen LogP contribution in [0.1, 0.15) is 117 Å². The highest BCUT2D eigenvalue weighted by molar-refractivity contribution is 7.47. The van der Waals surface area contributed by atoms with E-state index in [1.807, 2.05) is 24.3 Å². The molecule has 0 heterocycles. The van der Waals surface area contributed by atoms with Gasteiger partial charge in [-0.1, -0.05) is 135 Å². The van der Waals surface area contributed by atoms with Gasteiger partial charge >= 0.3 is 19.8 Å². The molecule has 3 N–H and O–H groups in total. The number of ether oxygens (including phenoxy) is 2. The summed E-state index contributed by atoms with van der Waals surface area (Å²) in [5.74, 6) is -1.08. The molecule has 0 spiro atoms. The number of carbonyl (C=O) groups is 2. The van der Waals surface area contributed by atoms with E-state index in [0.29, 0.717) is 25.7 Å². The molecule has 0 bridgehead atoms. The number of unbranched alkanes of at least 4 members (excludes halogenated alkanes) is 2. The molecule has 320 valence electrons. The average molecular weight is 815 g/mol. The number of hydrogen-bond donors (Lipinski definition) is 3. The Bertz CT molecular complexity index is 1350. The van der Waals surface area contributed by atoms with Crippen LogP contribution < -0.4 is 0 Å². The lowest BCUT2D eigenvalue weighted by molar-refractivity contribution is -0.161. The first kappa shape index (κ1) is 53.4. The van der Waals surface area contributed by atoms with Gasteiger partial charge in [-0.2, -0.15) is 0 Å². The Morgan fingerprint density at radius 1 is 0.526 bits per heavy atom. The van der Waals surface area contributed by atoms with Crippen LogP contribution >= 0.6 is 7.82 Å². The number of allylic oxidation sites excluding steroid dienone is 20. The number of carbonyl (C=O) groups excluding carboxylic acids is 2. The third kappa shape index (κ3) is 40.4. The molecule has 0 amide bonds. The molecule has 10 nitrogen and oxygen atoms in total. The highest BCUT2D eigenvalue weighted by Crippen LogP contribution is 2.43. The van der Waals surface area contributed by atoms with Crippen LogP contribution in [0, 0.1) is 0 Å². The molecule has 3 atom stereocenters. The molecule has 0 aliphatic carbocycles. The number of esters is 2. The molecule has 0 aromatic rings. The molecular formula is C46H71O10P. The number of rotatable bonds is 36. The minimum Gasteiger partial charge on any atom is -0.462 e. The Balaban J connectivity index is 4.56. The number of aliphatic hydroxyl groups is 2. The van der Waals surface area contributed by atoms with Crippen LogP contribution in [-0.4, -0.2) is 65.7 Å². The SMILES string of the molecule is CC/C=C\C/C=C\C/C=C\C/C=C\C/C=C\CCCC(=O)OCC(COP(=O)(O)OCC(O)CO)OC(=O)CCC/C=C\C/C=C\C/C=C\C/C=C\C/C=C\CC. The van der Waals surface area contributed by atoms with Crippen molar-refractivity contribution in [2.75, 3.05) is 26.4 Å². The van der Waals surface area contributed by atoms with Crippen molar-refractivity contribution in [2.45, 2.75) is 129 Å². The van der Waals surface area contributed by atoms with Crippen LogP contribution in [0.3, 0.4) is 0 Å². The molecule has 3 unspecified atom stereocenters. The predicted octanol–water partition coefficient (Wildman–Crippen LogP) is 10.8. The number of phosphoric ester groups is 1. The van der Waals surface area contributed by atoms with Gasteiger partial charge in [0, 0.05) is 12.8 Å². The summed E-state index contributed by atoms with van der Waals surface area (Å²) in [6.45, 7) is 1.98. The van der Waals surface area contributed by atoms with Gasteiger partial charge in [-0.15, -0.1) is 0 Å². The van der Waals surface area contributed by atoms with E-state index in [1.54, 1.807) is 0 Å². The second-order valence-corrected chi connectivity index (χ2v) is 14.3. The molecule has 0 aromatic heterocycles. The summed E-state index contributed by atoms with van der Waals surface area (Å²) in [4.78, 5) is 34.9. The first-order chi connectivity index (χ1) is 27.7. The topological polar surface area (TPSA) is 149 Å². The minimum atomic E-state index is -4.65. The lowest BCUT2D eigenvalue weighted by atomic mass is 10.2. The van der Waals surface area contributed by atoms with Crippen molar-refractivity contribution in [1.82, 2.24) is 0 Å². The largest absolute Gasteiger partial charge is 0.472 e. The number of phosphoric acid groups is 1. The van der Waals surface area contributed by atoms with E-state index < -0.39 is 51.8 Å². The van der Waals surface area contributed by atoms with Crippen molar-refractivity contribution in [1.29, 1.82) is 0 Å². The van der Waals surface area contributed by atoms with Gasteiger partial charge < -0.3 is 24.6 Å². The Hall–Kier alpha value is -3.63. The van der Waals surface area contributed by atoms with Crippen molar-refractivity contribution in [3.63, 3.8) is 0 Å². The summed E-state index contributed by atoms with van der Waals surface area (Å²) in [5.41, 5.74) is 0. The lowest BCUT2D eigenvalue weighted by Crippen LogP contribution is -2.29. The first-order valence-electron chi connectivity index (χ1n) is 20.5. The Kier molecular flexibility index (Phi) is 38.0. The number of hydrogen-bond acceptors (Lipinski definition) is 9. The molecule has 0 rings (SSSR count). The lowest BCUT2D eigenvalue weighted by Gasteiger charge is -2.20. The van der Waals surface area contributed by atoms with Gasteiger partial charge in [0.15, 0.2) is 6.10 Å². The molecule has 0 fully saturated rings. The quantitative estimate of drug-likeness (QED) is 0.0241. The first-order valence-corrected chi connectivity index (χ1v) is 22.0. The second kappa shape index (κ2) is 40.6. The van der Waals surface area contributed by atoms with Crippen LogP contribution in [0.5, 0.6) is 0 Å². The van der Waals surface area contributed by atoms with E-state index in [-0.39, 0.29) is 19.4 Å². The second-order valence-electron chi connectivity index (χ2n) is 12.9. The molecule has 0 saturated heterocycles. The van der Waals surface area contributed by atoms with Crippen molar-refractivity contribution >= 4 is 19.8 Å². The standard InChI is InChI=1S/C46H71O10P/c1-3-5-7-9-11-13-15-17-19-21-23-25-27-29-31-33-35-37-45(49)53-41-44(42-55-57(51,52)54-40-43(48)39-47)56-46(50)38-36-34-32-30-28-26-24-22-20-18-16-14-12-10-8-6-4-2/h5-8,11-14,17-20,23-26,29-32,43-44,47-48H,3-4,9-10,15-16,21-22,27-28,33-42H2,1-2H3,(H,51,52)/b7-5-,8-6-,13-11-,14-12-,19-17-,20-18-,25-23-,26-24-,31-29-,32-30-. The molecule has 0 saturated carbocycles. The van der Waals surface area contributed by atoms with Crippen LogP contribution in [0.2, 0.25) is 0 Å². The van der Waals surface area contributed by atoms with Gasteiger partial charge in [0.1, 0.15) is 12.7 Å². The molecule has 57 heavy (non-hydrogen) atoms. The van der Waals surface area contributed by atoms with Gasteiger partial charge in [-0.05, 0) is 89.9 Å². The van der Waals surface area contributed by atoms with Crippen LogP contribution in [0.25, 0.3) is 0 Å². The zero-order valence-electron chi connectivity index (χ0n) is 34.5. The molecule has 0 aliphatic rings. The van der Waals surface area contributed by atoms with Crippen LogP contribution in [0.4, 0.5) is 0 Å². The molecule has 11 heteroatoms. The van der Waals surface area contributed by atoms with E-state index in [1.165, 1.54) is 0 Å². The van der Waals surface area contributed by atoms with Crippen molar-refractivity contribution in [3.8, 4) is 0 Å². The highest BCUT2D eigenvalue weighted by atomic mass is 31.2. The highest BCUT2D eigenvalue weighted by Gasteiger charge is 2.27. The fourth-order valence-corrected chi connectivity index (χ4v) is 5.32. The summed E-state index contributed by atoms with van der Waals surface area (Å²) in [5, 5.41) is 18.3. The third-order valence-electron chi connectivity index (χ3n) is 7.61. The van der Waals surface area contributed by atoms with E-state index in [9.17, 15) is 24.2 Å². The fourth-order valence-electron chi connectivity index (χ4n) is 4.53. The number of aliphatic hydroxyl groups excluding tert-OH is 2. The third-order valence-corrected chi connectivity index (χ3v) is 8.56. The fraction of sp³-hybridized carbons (Fsp3) is 0.522. The van der Waals surface area contributed by atoms with Crippen LogP contribution in [-0.2, 0) is 32.7 Å². The molecule has 0 radical (unpaired) electrons. The maximum absolute atomic E-state index is 12.6. The van der Waals surface area contributed by atoms with E-state index >= 15 is 0 Å². The Morgan fingerprint density at radius 3 is 1.26 bits per heavy atom. The average Bonchev–Trinajstić information content (AvgIpc) is 3.20. The minimum absolute atomic E-state index is 0.0853. The molecular weight excluding hydrogens is 743 g/mol. The van der Waals surface area contributed by atoms with E-state index in [0.717, 1.165) is 64.2 Å². The van der Waals surface area contributed by atoms with Crippen molar-refractivity contribution in [2.24, 2.45) is 0 Å². The maximum Gasteiger partial charge on any atom is 0.472 e. The van der Waals surface area contributed by atoms with Gasteiger partial charge in [-0.25, -0.2) is 4.57 Å². The summed E-state index contributed by atoms with van der Waals surface area (Å²) in [6, 6.07) is 0. The van der Waals surface area contributed by atoms with Crippen molar-refractivity contribution < 1.29 is 47.8 Å². The zero-order chi connectivity index (χ0) is 41.9. The van der Waals surface area contributed by atoms with Gasteiger partial charge in [0.05, 0.1) is 19.8 Å². The molecule has 0 aromatic carbocycles. The maximum atomic E-state index is 12.6. The summed E-state index contributed by atoms with van der Waals surface area (Å²) in [6.07, 6.45) is 51.8. The van der Waals surface area contributed by atoms with Crippen LogP contribution in [0.15, 0.2) is 122 Å². The van der Waals surface area contributed by atoms with Gasteiger partial charge in [0.25, 0.3) is 0 Å². The Morgan fingerprint density at radius 2 is 0.877 bits per heavy atom. The monoisotopic (exact) mass is 814 g/mol. The van der Waals surface area contributed by atoms with Gasteiger partial charge in [-0.3, -0.25) is 18.6 Å². The van der Waals surface area contributed by atoms with E-state index in [4.69, 9.17) is 19.1 Å². The summed E-state index contributed by atoms with van der Waals surface area (Å²) >= 11 is 0. The summed E-state index contributed by atoms with van der Waals surface area (Å²) < 4.78 is 32.5. The smallest absolute Gasteiger partial charge is 0.462 e. The molecule has 0 aliphatic heterocycles. The summed E-state index contributed by atoms with van der Waals surface area (Å²) in [7, 11) is -4.65. The van der Waals surface area contributed by atoms with Gasteiger partial charge in [0.2, 0.25) is 0 Å². The normalized spacial score (nSPS) is 15.1. The van der Waals surface area contributed by atoms with Crippen molar-refractivity contribution in [3.05, 3.63) is 122 Å².